The van der Waals surface area contributed by atoms with Crippen molar-refractivity contribution in [1.29, 1.82) is 0 Å². The zero-order valence-corrected chi connectivity index (χ0v) is 20.0. The number of halogens is 1. The average Bonchev–Trinajstić information content (AvgIpc) is 3.41. The lowest BCUT2D eigenvalue weighted by molar-refractivity contribution is 0.273. The van der Waals surface area contributed by atoms with E-state index >= 15 is 0 Å². The molecular formula is C20H32IN5OS. The largest absolute Gasteiger partial charge is 0.469 e. The molecule has 1 aliphatic heterocycles. The number of likely N-dealkylation sites (N-methyl/N-ethyl adjacent to an activating group) is 1. The Labute approximate surface area is 189 Å². The van der Waals surface area contributed by atoms with Crippen molar-refractivity contribution >= 4 is 41.3 Å². The summed E-state index contributed by atoms with van der Waals surface area (Å²) >= 11 is 1.76. The fourth-order valence-electron chi connectivity index (χ4n) is 3.45. The van der Waals surface area contributed by atoms with Gasteiger partial charge in [0.05, 0.1) is 17.8 Å². The fourth-order valence-corrected chi connectivity index (χ4v) is 4.24. The molecule has 156 valence electrons. The molecule has 0 spiro atoms. The van der Waals surface area contributed by atoms with Gasteiger partial charge in [-0.3, -0.25) is 9.89 Å². The van der Waals surface area contributed by atoms with Crippen LogP contribution in [0, 0.1) is 6.92 Å². The summed E-state index contributed by atoms with van der Waals surface area (Å²) < 4.78 is 5.41. The predicted molar refractivity (Wildman–Crippen MR) is 127 cm³/mol. The molecule has 3 rings (SSSR count). The Hall–Kier alpha value is -1.13. The first-order valence-electron chi connectivity index (χ1n) is 9.94. The van der Waals surface area contributed by atoms with E-state index in [1.54, 1.807) is 17.6 Å². The minimum atomic E-state index is 0. The van der Waals surface area contributed by atoms with Crippen molar-refractivity contribution in [3.05, 3.63) is 40.2 Å². The summed E-state index contributed by atoms with van der Waals surface area (Å²) in [6.45, 7) is 9.13. The third kappa shape index (κ3) is 7.36. The highest BCUT2D eigenvalue weighted by molar-refractivity contribution is 14.0. The van der Waals surface area contributed by atoms with E-state index < -0.39 is 0 Å². The number of nitrogens with one attached hydrogen (secondary N) is 2. The van der Waals surface area contributed by atoms with Crippen molar-refractivity contribution in [2.24, 2.45) is 4.99 Å². The number of nitrogens with zero attached hydrogens (tertiary/aromatic N) is 3. The van der Waals surface area contributed by atoms with Gasteiger partial charge in [-0.1, -0.05) is 6.92 Å². The van der Waals surface area contributed by atoms with Crippen LogP contribution in [0.4, 0.5) is 0 Å². The molecular weight excluding hydrogens is 485 g/mol. The van der Waals surface area contributed by atoms with E-state index in [1.807, 2.05) is 18.3 Å². The minimum absolute atomic E-state index is 0. The molecule has 0 bridgehead atoms. The van der Waals surface area contributed by atoms with Crippen molar-refractivity contribution in [1.82, 2.24) is 20.5 Å². The quantitative estimate of drug-likeness (QED) is 0.303. The van der Waals surface area contributed by atoms with Gasteiger partial charge in [0.25, 0.3) is 0 Å². The molecule has 0 aromatic carbocycles. The van der Waals surface area contributed by atoms with E-state index in [2.05, 4.69) is 34.4 Å². The third-order valence-corrected chi connectivity index (χ3v) is 5.88. The van der Waals surface area contributed by atoms with Crippen LogP contribution in [-0.2, 0) is 12.8 Å². The highest BCUT2D eigenvalue weighted by atomic mass is 127. The highest BCUT2D eigenvalue weighted by Gasteiger charge is 2.22. The molecule has 3 heterocycles. The third-order valence-electron chi connectivity index (χ3n) is 4.91. The molecule has 2 aromatic heterocycles. The Kier molecular flexibility index (Phi) is 10.3. The van der Waals surface area contributed by atoms with Crippen molar-refractivity contribution in [3.8, 4) is 0 Å². The lowest BCUT2D eigenvalue weighted by atomic mass is 10.2. The van der Waals surface area contributed by atoms with Crippen LogP contribution >= 0.6 is 35.3 Å². The SMILES string of the molecule is CCN1CCCC1CN=C(NCCc1ccco1)NCCc1ncc(C)s1.I. The molecule has 2 aromatic rings. The molecule has 0 aliphatic carbocycles. The summed E-state index contributed by atoms with van der Waals surface area (Å²) in [5, 5.41) is 8.09. The summed E-state index contributed by atoms with van der Waals surface area (Å²) in [4.78, 5) is 13.1. The Bertz CT molecular complexity index is 703. The molecule has 1 saturated heterocycles. The van der Waals surface area contributed by atoms with Gasteiger partial charge in [0, 0.05) is 43.0 Å². The monoisotopic (exact) mass is 517 g/mol. The lowest BCUT2D eigenvalue weighted by Crippen LogP contribution is -2.41. The van der Waals surface area contributed by atoms with Gasteiger partial charge in [0.2, 0.25) is 0 Å². The second kappa shape index (κ2) is 12.4. The number of likely N-dealkylation sites (tertiary alicyclic amines) is 1. The summed E-state index contributed by atoms with van der Waals surface area (Å²) in [6, 6.07) is 4.51. The Morgan fingerprint density at radius 1 is 1.36 bits per heavy atom. The zero-order valence-electron chi connectivity index (χ0n) is 16.8. The molecule has 28 heavy (non-hydrogen) atoms. The molecule has 1 fully saturated rings. The summed E-state index contributed by atoms with van der Waals surface area (Å²) in [7, 11) is 0. The molecule has 0 saturated carbocycles. The van der Waals surface area contributed by atoms with Crippen LogP contribution in [0.25, 0.3) is 0 Å². The number of rotatable bonds is 9. The summed E-state index contributed by atoms with van der Waals surface area (Å²) in [6.07, 6.45) is 7.96. The fraction of sp³-hybridized carbons (Fsp3) is 0.600. The summed E-state index contributed by atoms with van der Waals surface area (Å²) in [5.74, 6) is 1.88. The number of aromatic nitrogens is 1. The lowest BCUT2D eigenvalue weighted by Gasteiger charge is -2.21. The smallest absolute Gasteiger partial charge is 0.191 e. The van der Waals surface area contributed by atoms with Crippen LogP contribution in [0.3, 0.4) is 0 Å². The van der Waals surface area contributed by atoms with Crippen LogP contribution in [0.15, 0.2) is 34.0 Å². The van der Waals surface area contributed by atoms with Gasteiger partial charge >= 0.3 is 0 Å². The number of thiazole rings is 1. The first kappa shape index (κ1) is 23.2. The number of hydrogen-bond donors (Lipinski definition) is 2. The van der Waals surface area contributed by atoms with Crippen molar-refractivity contribution in [2.45, 2.75) is 45.6 Å². The van der Waals surface area contributed by atoms with Gasteiger partial charge in [-0.15, -0.1) is 35.3 Å². The van der Waals surface area contributed by atoms with Crippen molar-refractivity contribution in [2.75, 3.05) is 32.7 Å². The van der Waals surface area contributed by atoms with Gasteiger partial charge in [-0.05, 0) is 45.0 Å². The van der Waals surface area contributed by atoms with E-state index in [-0.39, 0.29) is 24.0 Å². The molecule has 1 atom stereocenters. The van der Waals surface area contributed by atoms with Gasteiger partial charge < -0.3 is 15.1 Å². The first-order valence-corrected chi connectivity index (χ1v) is 10.8. The number of furan rings is 1. The van der Waals surface area contributed by atoms with E-state index in [4.69, 9.17) is 9.41 Å². The van der Waals surface area contributed by atoms with Crippen molar-refractivity contribution < 1.29 is 4.42 Å². The molecule has 1 aliphatic rings. The predicted octanol–water partition coefficient (Wildman–Crippen LogP) is 3.47. The highest BCUT2D eigenvalue weighted by Crippen LogP contribution is 2.16. The standard InChI is InChI=1S/C20H31N5OS.HI/c1-3-25-12-4-6-17(25)15-24-20(21-10-8-18-7-5-13-26-18)22-11-9-19-23-14-16(2)27-19;/h5,7,13-14,17H,3-4,6,8-12,15H2,1-2H3,(H2,21,22,24);1H. The van der Waals surface area contributed by atoms with E-state index in [0.717, 1.165) is 50.7 Å². The molecule has 8 heteroatoms. The van der Waals surface area contributed by atoms with Gasteiger partial charge in [-0.2, -0.15) is 0 Å². The normalized spacial score (nSPS) is 17.5. The molecule has 0 radical (unpaired) electrons. The molecule has 6 nitrogen and oxygen atoms in total. The maximum atomic E-state index is 5.41. The Morgan fingerprint density at radius 3 is 2.86 bits per heavy atom. The first-order chi connectivity index (χ1) is 13.2. The molecule has 2 N–H and O–H groups in total. The van der Waals surface area contributed by atoms with Crippen LogP contribution < -0.4 is 10.6 Å². The number of aryl methyl sites for hydroxylation is 1. The maximum absolute atomic E-state index is 5.41. The van der Waals surface area contributed by atoms with Crippen LogP contribution in [-0.4, -0.2) is 54.6 Å². The number of aliphatic imine (C=N–C) groups is 1. The second-order valence-electron chi connectivity index (χ2n) is 6.91. The van der Waals surface area contributed by atoms with Gasteiger partial charge in [0.15, 0.2) is 5.96 Å². The summed E-state index contributed by atoms with van der Waals surface area (Å²) in [5.41, 5.74) is 0. The maximum Gasteiger partial charge on any atom is 0.191 e. The Morgan fingerprint density at radius 2 is 2.18 bits per heavy atom. The van der Waals surface area contributed by atoms with Crippen LogP contribution in [0.1, 0.15) is 35.4 Å². The zero-order chi connectivity index (χ0) is 18.9. The van der Waals surface area contributed by atoms with E-state index in [1.165, 1.54) is 29.3 Å². The van der Waals surface area contributed by atoms with Gasteiger partial charge in [-0.25, -0.2) is 4.98 Å². The van der Waals surface area contributed by atoms with Crippen LogP contribution in [0.2, 0.25) is 0 Å². The minimum Gasteiger partial charge on any atom is -0.469 e. The van der Waals surface area contributed by atoms with Gasteiger partial charge in [0.1, 0.15) is 5.76 Å². The Balaban J connectivity index is 0.00000280. The number of hydrogen-bond acceptors (Lipinski definition) is 5. The van der Waals surface area contributed by atoms with Crippen molar-refractivity contribution in [3.63, 3.8) is 0 Å². The van der Waals surface area contributed by atoms with Crippen LogP contribution in [0.5, 0.6) is 0 Å². The topological polar surface area (TPSA) is 65.7 Å². The van der Waals surface area contributed by atoms with E-state index in [9.17, 15) is 0 Å². The second-order valence-corrected chi connectivity index (χ2v) is 8.23. The number of guanidine groups is 1. The molecule has 1 unspecified atom stereocenters. The van der Waals surface area contributed by atoms with E-state index in [0.29, 0.717) is 6.04 Å². The average molecular weight is 517 g/mol. The molecule has 0 amide bonds.